The highest BCUT2D eigenvalue weighted by atomic mass is 19.4. The van der Waals surface area contributed by atoms with Crippen molar-refractivity contribution in [3.05, 3.63) is 53.9 Å². The van der Waals surface area contributed by atoms with E-state index in [9.17, 15) is 17.6 Å². The van der Waals surface area contributed by atoms with Gasteiger partial charge in [-0.3, -0.25) is 14.3 Å². The molecule has 0 radical (unpaired) electrons. The average Bonchev–Trinajstić information content (AvgIpc) is 3.22. The summed E-state index contributed by atoms with van der Waals surface area (Å²) in [5.41, 5.74) is 3.32. The van der Waals surface area contributed by atoms with Crippen molar-refractivity contribution < 1.29 is 17.6 Å². The van der Waals surface area contributed by atoms with Crippen LogP contribution in [-0.2, 0) is 0 Å². The molecule has 2 N–H and O–H groups in total. The first kappa shape index (κ1) is 24.8. The number of halogens is 4. The molecule has 9 heteroatoms. The molecule has 4 atom stereocenters. The maximum Gasteiger partial charge on any atom is 0.401 e. The van der Waals surface area contributed by atoms with Gasteiger partial charge >= 0.3 is 6.18 Å². The number of aromatic nitrogens is 1. The van der Waals surface area contributed by atoms with E-state index in [2.05, 4.69) is 32.4 Å². The minimum atomic E-state index is -4.33. The summed E-state index contributed by atoms with van der Waals surface area (Å²) in [7, 11) is 0. The van der Waals surface area contributed by atoms with Crippen LogP contribution in [0.15, 0.2) is 42.6 Å². The van der Waals surface area contributed by atoms with Gasteiger partial charge in [0.2, 0.25) is 0 Å². The molecule has 192 valence electrons. The van der Waals surface area contributed by atoms with Crippen LogP contribution in [0.1, 0.15) is 42.5 Å². The predicted octanol–water partition coefficient (Wildman–Crippen LogP) is 4.82. The maximum atomic E-state index is 13.6. The Hall–Kier alpha value is -2.83. The normalized spacial score (nSPS) is 26.2. The number of para-hydroxylation sites is 1. The standard InChI is InChI=1S/C27H31F4N5/c28-12-3-13-35-14-11-21(17-35)33-20-7-9-24(32-16-20)26-25-8-6-19(10-15-36(26)18-27(29,30)31)22-4-1-2-5-23(22)34-25/h1-2,4-5,7,9,16,19,21,25-26,33-34H,3,10-15,17-18H2. The van der Waals surface area contributed by atoms with Crippen molar-refractivity contribution >= 4 is 11.4 Å². The number of benzene rings is 1. The van der Waals surface area contributed by atoms with Gasteiger partial charge < -0.3 is 15.5 Å². The highest BCUT2D eigenvalue weighted by molar-refractivity contribution is 5.59. The number of pyridine rings is 1. The maximum absolute atomic E-state index is 13.6. The van der Waals surface area contributed by atoms with Crippen LogP contribution in [0, 0.1) is 11.8 Å². The third-order valence-corrected chi connectivity index (χ3v) is 7.20. The van der Waals surface area contributed by atoms with Crippen LogP contribution in [0.3, 0.4) is 0 Å². The minimum Gasteiger partial charge on any atom is -0.380 e. The van der Waals surface area contributed by atoms with Gasteiger partial charge in [0.05, 0.1) is 36.8 Å². The molecule has 0 saturated carbocycles. The summed E-state index contributed by atoms with van der Waals surface area (Å²) in [6, 6.07) is 10.6. The number of hydrogen-bond donors (Lipinski definition) is 2. The second kappa shape index (κ2) is 10.7. The summed E-state index contributed by atoms with van der Waals surface area (Å²) < 4.78 is 53.3. The third-order valence-electron chi connectivity index (χ3n) is 7.20. The van der Waals surface area contributed by atoms with E-state index in [0.29, 0.717) is 18.5 Å². The van der Waals surface area contributed by atoms with E-state index in [1.54, 1.807) is 6.20 Å². The van der Waals surface area contributed by atoms with Crippen LogP contribution in [0.4, 0.5) is 28.9 Å². The van der Waals surface area contributed by atoms with Crippen molar-refractivity contribution in [3.8, 4) is 11.8 Å². The predicted molar refractivity (Wildman–Crippen MR) is 133 cm³/mol. The minimum absolute atomic E-state index is 0.106. The summed E-state index contributed by atoms with van der Waals surface area (Å²) in [4.78, 5) is 8.34. The number of likely N-dealkylation sites (tertiary alicyclic amines) is 1. The zero-order chi connectivity index (χ0) is 25.1. The van der Waals surface area contributed by atoms with Crippen LogP contribution < -0.4 is 10.6 Å². The van der Waals surface area contributed by atoms with E-state index >= 15 is 0 Å². The van der Waals surface area contributed by atoms with Gasteiger partial charge in [0.1, 0.15) is 6.04 Å². The van der Waals surface area contributed by atoms with Gasteiger partial charge in [0.15, 0.2) is 0 Å². The van der Waals surface area contributed by atoms with Gasteiger partial charge in [-0.1, -0.05) is 30.0 Å². The fraction of sp³-hybridized carbons (Fsp3) is 0.519. The molecule has 2 bridgehead atoms. The largest absolute Gasteiger partial charge is 0.401 e. The van der Waals surface area contributed by atoms with E-state index in [0.717, 1.165) is 43.0 Å². The van der Waals surface area contributed by atoms with Gasteiger partial charge in [-0.25, -0.2) is 0 Å². The van der Waals surface area contributed by atoms with E-state index in [-0.39, 0.29) is 25.2 Å². The van der Waals surface area contributed by atoms with Gasteiger partial charge in [-0.05, 0) is 43.0 Å². The van der Waals surface area contributed by atoms with Crippen molar-refractivity contribution in [1.82, 2.24) is 14.8 Å². The van der Waals surface area contributed by atoms with Crippen molar-refractivity contribution in [1.29, 1.82) is 0 Å². The number of rotatable bonds is 7. The molecule has 0 spiro atoms. The van der Waals surface area contributed by atoms with Crippen LogP contribution in [0.25, 0.3) is 0 Å². The number of anilines is 2. The summed E-state index contributed by atoms with van der Waals surface area (Å²) in [6.07, 6.45) is -0.611. The molecule has 4 heterocycles. The molecule has 5 nitrogen and oxygen atoms in total. The Balaban J connectivity index is 1.37. The van der Waals surface area contributed by atoms with Crippen molar-refractivity contribution in [2.45, 2.75) is 49.5 Å². The van der Waals surface area contributed by atoms with Crippen LogP contribution in [-0.4, -0.2) is 72.4 Å². The number of nitrogens with one attached hydrogen (secondary N) is 2. The molecule has 2 aromatic rings. The van der Waals surface area contributed by atoms with Gasteiger partial charge in [-0.2, -0.15) is 13.2 Å². The lowest BCUT2D eigenvalue weighted by atomic mass is 9.93. The highest BCUT2D eigenvalue weighted by Gasteiger charge is 2.40. The second-order valence-corrected chi connectivity index (χ2v) is 9.81. The molecule has 1 aromatic heterocycles. The molecule has 0 amide bonds. The Morgan fingerprint density at radius 1 is 1.08 bits per heavy atom. The number of hydrogen-bond acceptors (Lipinski definition) is 5. The Morgan fingerprint density at radius 3 is 2.72 bits per heavy atom. The Kier molecular flexibility index (Phi) is 7.35. The molecule has 4 unspecified atom stereocenters. The van der Waals surface area contributed by atoms with E-state index in [4.69, 9.17) is 0 Å². The summed E-state index contributed by atoms with van der Waals surface area (Å²) in [5, 5.41) is 6.89. The highest BCUT2D eigenvalue weighted by Crippen LogP contribution is 2.37. The van der Waals surface area contributed by atoms with E-state index in [1.807, 2.05) is 36.4 Å². The topological polar surface area (TPSA) is 43.4 Å². The van der Waals surface area contributed by atoms with Crippen LogP contribution in [0.2, 0.25) is 0 Å². The molecule has 0 aliphatic carbocycles. The first-order chi connectivity index (χ1) is 17.4. The molecule has 5 rings (SSSR count). The Bertz CT molecular complexity index is 1090. The lowest BCUT2D eigenvalue weighted by Gasteiger charge is -2.36. The number of fused-ring (bicyclic) bond motifs is 4. The summed E-state index contributed by atoms with van der Waals surface area (Å²) in [5.74, 6) is 6.44. The fourth-order valence-corrected chi connectivity index (χ4v) is 5.54. The fourth-order valence-electron chi connectivity index (χ4n) is 5.54. The van der Waals surface area contributed by atoms with Gasteiger partial charge in [0, 0.05) is 43.8 Å². The van der Waals surface area contributed by atoms with Crippen molar-refractivity contribution in [2.24, 2.45) is 0 Å². The molecule has 36 heavy (non-hydrogen) atoms. The lowest BCUT2D eigenvalue weighted by molar-refractivity contribution is -0.151. The van der Waals surface area contributed by atoms with Crippen molar-refractivity contribution in [3.63, 3.8) is 0 Å². The van der Waals surface area contributed by atoms with Crippen LogP contribution >= 0.6 is 0 Å². The average molecular weight is 502 g/mol. The van der Waals surface area contributed by atoms with Crippen LogP contribution in [0.5, 0.6) is 0 Å². The van der Waals surface area contributed by atoms with E-state index in [1.165, 1.54) is 4.90 Å². The SMILES string of the molecule is FCCCN1CCC(Nc2ccc(C3C4C#CC(CCN3CC(F)(F)F)c3ccccc3N4)nc2)C1. The Labute approximate surface area is 209 Å². The molecule has 1 fully saturated rings. The molecule has 3 aliphatic heterocycles. The summed E-state index contributed by atoms with van der Waals surface area (Å²) in [6.45, 7) is 1.46. The summed E-state index contributed by atoms with van der Waals surface area (Å²) >= 11 is 0. The molecule has 3 aliphatic rings. The molecular formula is C27H31F4N5. The van der Waals surface area contributed by atoms with Gasteiger partial charge in [0.25, 0.3) is 0 Å². The smallest absolute Gasteiger partial charge is 0.380 e. The second-order valence-electron chi connectivity index (χ2n) is 9.81. The first-order valence-corrected chi connectivity index (χ1v) is 12.6. The van der Waals surface area contributed by atoms with Crippen molar-refractivity contribution in [2.75, 3.05) is 50.0 Å². The zero-order valence-electron chi connectivity index (χ0n) is 20.1. The van der Waals surface area contributed by atoms with Gasteiger partial charge in [-0.15, -0.1) is 0 Å². The van der Waals surface area contributed by atoms with E-state index < -0.39 is 24.8 Å². The number of alkyl halides is 4. The number of nitrogens with zero attached hydrogens (tertiary/aromatic N) is 3. The molecular weight excluding hydrogens is 470 g/mol. The lowest BCUT2D eigenvalue weighted by Crippen LogP contribution is -2.45. The molecule has 1 saturated heterocycles. The Morgan fingerprint density at radius 2 is 1.94 bits per heavy atom. The third kappa shape index (κ3) is 5.76. The first-order valence-electron chi connectivity index (χ1n) is 12.6. The molecule has 1 aromatic carbocycles. The monoisotopic (exact) mass is 501 g/mol. The quantitative estimate of drug-likeness (QED) is 0.421. The zero-order valence-corrected chi connectivity index (χ0v) is 20.1.